The van der Waals surface area contributed by atoms with Crippen molar-refractivity contribution >= 4 is 0 Å². The van der Waals surface area contributed by atoms with E-state index in [9.17, 15) is 0 Å². The van der Waals surface area contributed by atoms with E-state index >= 15 is 0 Å². The third-order valence-electron chi connectivity index (χ3n) is 3.27. The molecule has 0 aromatic carbocycles. The van der Waals surface area contributed by atoms with Gasteiger partial charge in [0.1, 0.15) is 0 Å². The normalized spacial score (nSPS) is 16.3. The van der Waals surface area contributed by atoms with Gasteiger partial charge in [0.25, 0.3) is 0 Å². The molecule has 0 heterocycles. The van der Waals surface area contributed by atoms with Gasteiger partial charge in [-0.1, -0.05) is 40.5 Å². The first-order valence-corrected chi connectivity index (χ1v) is 6.16. The number of rotatable bonds is 7. The van der Waals surface area contributed by atoms with Gasteiger partial charge >= 0.3 is 0 Å². The maximum atomic E-state index is 3.38. The van der Waals surface area contributed by atoms with E-state index in [1.807, 2.05) is 0 Å². The first kappa shape index (κ1) is 14.0. The maximum absolute atomic E-state index is 3.38. The molecule has 0 aromatic heterocycles. The Morgan fingerprint density at radius 3 is 1.86 bits per heavy atom. The Balaban J connectivity index is 3.85. The average Bonchev–Trinajstić information content (AvgIpc) is 2.10. The van der Waals surface area contributed by atoms with Gasteiger partial charge < -0.3 is 5.32 Å². The summed E-state index contributed by atoms with van der Waals surface area (Å²) in [7, 11) is 2.07. The molecule has 0 saturated heterocycles. The monoisotopic (exact) mass is 199 g/mol. The first-order valence-electron chi connectivity index (χ1n) is 6.16. The molecule has 0 rings (SSSR count). The van der Waals surface area contributed by atoms with Crippen molar-refractivity contribution in [3.63, 3.8) is 0 Å². The molecule has 0 bridgehead atoms. The molecule has 1 N–H and O–H groups in total. The minimum Gasteiger partial charge on any atom is -0.317 e. The summed E-state index contributed by atoms with van der Waals surface area (Å²) in [6, 6.07) is 0.655. The Kier molecular flexibility index (Phi) is 7.26. The van der Waals surface area contributed by atoms with Gasteiger partial charge in [0.15, 0.2) is 0 Å². The summed E-state index contributed by atoms with van der Waals surface area (Å²) >= 11 is 0. The lowest BCUT2D eigenvalue weighted by atomic mass is 9.84. The highest BCUT2D eigenvalue weighted by Gasteiger charge is 2.18. The quantitative estimate of drug-likeness (QED) is 0.659. The van der Waals surface area contributed by atoms with Crippen molar-refractivity contribution in [2.24, 2.45) is 17.8 Å². The van der Waals surface area contributed by atoms with Crippen LogP contribution in [0, 0.1) is 17.8 Å². The molecular weight excluding hydrogens is 170 g/mol. The summed E-state index contributed by atoms with van der Waals surface area (Å²) in [6.45, 7) is 11.6. The molecule has 0 aromatic rings. The van der Waals surface area contributed by atoms with E-state index in [4.69, 9.17) is 0 Å². The van der Waals surface area contributed by atoms with Crippen LogP contribution >= 0.6 is 0 Å². The van der Waals surface area contributed by atoms with Crippen molar-refractivity contribution in [2.75, 3.05) is 7.05 Å². The summed E-state index contributed by atoms with van der Waals surface area (Å²) < 4.78 is 0. The van der Waals surface area contributed by atoms with Gasteiger partial charge in [-0.15, -0.1) is 0 Å². The lowest BCUT2D eigenvalue weighted by Crippen LogP contribution is -2.33. The highest BCUT2D eigenvalue weighted by atomic mass is 14.9. The van der Waals surface area contributed by atoms with Crippen LogP contribution in [0.3, 0.4) is 0 Å². The fraction of sp³-hybridized carbons (Fsp3) is 1.00. The molecule has 0 aliphatic heterocycles. The molecule has 86 valence electrons. The third kappa shape index (κ3) is 5.64. The van der Waals surface area contributed by atoms with Gasteiger partial charge in [-0.2, -0.15) is 0 Å². The highest BCUT2D eigenvalue weighted by Crippen LogP contribution is 2.22. The Morgan fingerprint density at radius 2 is 1.50 bits per heavy atom. The van der Waals surface area contributed by atoms with Crippen molar-refractivity contribution in [2.45, 2.75) is 59.9 Å². The van der Waals surface area contributed by atoms with Crippen LogP contribution in [0.2, 0.25) is 0 Å². The van der Waals surface area contributed by atoms with Gasteiger partial charge in [0, 0.05) is 6.04 Å². The zero-order valence-corrected chi connectivity index (χ0v) is 10.9. The van der Waals surface area contributed by atoms with Gasteiger partial charge in [-0.25, -0.2) is 0 Å². The molecule has 1 heteroatoms. The molecule has 0 aliphatic carbocycles. The Hall–Kier alpha value is -0.0400. The van der Waals surface area contributed by atoms with Crippen LogP contribution in [0.25, 0.3) is 0 Å². The molecule has 1 nitrogen and oxygen atoms in total. The Morgan fingerprint density at radius 1 is 0.929 bits per heavy atom. The summed E-state index contributed by atoms with van der Waals surface area (Å²) in [5, 5.41) is 3.38. The molecule has 0 amide bonds. The summed E-state index contributed by atoms with van der Waals surface area (Å²) in [5.41, 5.74) is 0. The molecule has 0 saturated carbocycles. The second kappa shape index (κ2) is 7.28. The first-order chi connectivity index (χ1) is 6.49. The summed E-state index contributed by atoms with van der Waals surface area (Å²) in [6.07, 6.45) is 4.13. The van der Waals surface area contributed by atoms with Crippen LogP contribution in [0.5, 0.6) is 0 Å². The second-order valence-corrected chi connectivity index (χ2v) is 5.31. The Labute approximate surface area is 90.7 Å². The largest absolute Gasteiger partial charge is 0.317 e. The van der Waals surface area contributed by atoms with Crippen LogP contribution in [0.15, 0.2) is 0 Å². The highest BCUT2D eigenvalue weighted by molar-refractivity contribution is 4.73. The fourth-order valence-corrected chi connectivity index (χ4v) is 2.14. The van der Waals surface area contributed by atoms with Gasteiger partial charge in [-0.3, -0.25) is 0 Å². The molecular formula is C13H29N. The van der Waals surface area contributed by atoms with Crippen molar-refractivity contribution < 1.29 is 0 Å². The molecule has 0 fully saturated rings. The zero-order chi connectivity index (χ0) is 11.1. The molecule has 0 radical (unpaired) electrons. The van der Waals surface area contributed by atoms with E-state index in [2.05, 4.69) is 47.0 Å². The van der Waals surface area contributed by atoms with E-state index in [0.717, 1.165) is 17.8 Å². The van der Waals surface area contributed by atoms with Crippen LogP contribution < -0.4 is 5.32 Å². The van der Waals surface area contributed by atoms with E-state index in [1.165, 1.54) is 19.3 Å². The van der Waals surface area contributed by atoms with E-state index in [-0.39, 0.29) is 0 Å². The van der Waals surface area contributed by atoms with E-state index < -0.39 is 0 Å². The molecule has 2 atom stereocenters. The molecule has 0 aliphatic rings. The third-order valence-corrected chi connectivity index (χ3v) is 3.27. The van der Waals surface area contributed by atoms with Crippen molar-refractivity contribution in [3.8, 4) is 0 Å². The molecule has 0 spiro atoms. The van der Waals surface area contributed by atoms with Gasteiger partial charge in [0.05, 0.1) is 0 Å². The van der Waals surface area contributed by atoms with Gasteiger partial charge in [-0.05, 0) is 38.1 Å². The smallest absolute Gasteiger partial charge is 0.00664 e. The van der Waals surface area contributed by atoms with Crippen LogP contribution in [-0.4, -0.2) is 13.1 Å². The number of nitrogens with one attached hydrogen (secondary N) is 1. The second-order valence-electron chi connectivity index (χ2n) is 5.31. The van der Waals surface area contributed by atoms with Crippen LogP contribution in [0.4, 0.5) is 0 Å². The van der Waals surface area contributed by atoms with Gasteiger partial charge in [0.2, 0.25) is 0 Å². The Bertz CT molecular complexity index is 129. The molecule has 14 heavy (non-hydrogen) atoms. The zero-order valence-electron chi connectivity index (χ0n) is 10.9. The SMILES string of the molecule is CNC(C)C(CCCC(C)C)C(C)C. The van der Waals surface area contributed by atoms with Crippen LogP contribution in [-0.2, 0) is 0 Å². The van der Waals surface area contributed by atoms with Crippen LogP contribution in [0.1, 0.15) is 53.9 Å². The van der Waals surface area contributed by atoms with Crippen molar-refractivity contribution in [3.05, 3.63) is 0 Å². The lowest BCUT2D eigenvalue weighted by Gasteiger charge is -2.27. The standard InChI is InChI=1S/C13H29N/c1-10(2)8-7-9-13(11(3)4)12(5)14-6/h10-14H,7-9H2,1-6H3. The minimum atomic E-state index is 0.655. The summed E-state index contributed by atoms with van der Waals surface area (Å²) in [5.74, 6) is 2.48. The fourth-order valence-electron chi connectivity index (χ4n) is 2.14. The number of hydrogen-bond acceptors (Lipinski definition) is 1. The topological polar surface area (TPSA) is 12.0 Å². The maximum Gasteiger partial charge on any atom is 0.00664 e. The predicted octanol–water partition coefficient (Wildman–Crippen LogP) is 3.69. The van der Waals surface area contributed by atoms with Crippen molar-refractivity contribution in [1.82, 2.24) is 5.32 Å². The van der Waals surface area contributed by atoms with Crippen molar-refractivity contribution in [1.29, 1.82) is 0 Å². The number of hydrogen-bond donors (Lipinski definition) is 1. The lowest BCUT2D eigenvalue weighted by molar-refractivity contribution is 0.271. The minimum absolute atomic E-state index is 0.655. The summed E-state index contributed by atoms with van der Waals surface area (Å²) in [4.78, 5) is 0. The predicted molar refractivity (Wildman–Crippen MR) is 65.5 cm³/mol. The average molecular weight is 199 g/mol. The van der Waals surface area contributed by atoms with E-state index in [1.54, 1.807) is 0 Å². The molecule has 2 unspecified atom stereocenters. The van der Waals surface area contributed by atoms with E-state index in [0.29, 0.717) is 6.04 Å².